The Kier molecular flexibility index (Phi) is 4.51. The Morgan fingerprint density at radius 1 is 1.00 bits per heavy atom. The summed E-state index contributed by atoms with van der Waals surface area (Å²) in [7, 11) is 0. The topological polar surface area (TPSA) is 42.7 Å². The number of pyridine rings is 1. The zero-order chi connectivity index (χ0) is 20.0. The van der Waals surface area contributed by atoms with E-state index in [0.717, 1.165) is 48.4 Å². The molecule has 5 rings (SSSR count). The fraction of sp³-hybridized carbons (Fsp3) is 0.250. The SMILES string of the molecule is CCc1nc2c(C)cc(Cl)nc2n1Cc1ccc2c(c1)CCc1ccccc1N2. The maximum Gasteiger partial charge on any atom is 0.162 e. The van der Waals surface area contributed by atoms with E-state index in [0.29, 0.717) is 5.15 Å². The summed E-state index contributed by atoms with van der Waals surface area (Å²) in [5.41, 5.74) is 9.26. The van der Waals surface area contributed by atoms with Crippen molar-refractivity contribution < 1.29 is 0 Å². The van der Waals surface area contributed by atoms with Crippen molar-refractivity contribution in [2.45, 2.75) is 39.7 Å². The van der Waals surface area contributed by atoms with E-state index in [1.807, 2.05) is 13.0 Å². The zero-order valence-electron chi connectivity index (χ0n) is 16.7. The number of imidazole rings is 1. The number of para-hydroxylation sites is 1. The maximum absolute atomic E-state index is 6.25. The van der Waals surface area contributed by atoms with E-state index in [9.17, 15) is 0 Å². The second-order valence-corrected chi connectivity index (χ2v) is 8.06. The molecule has 0 amide bonds. The first kappa shape index (κ1) is 18.2. The molecule has 29 heavy (non-hydrogen) atoms. The van der Waals surface area contributed by atoms with Gasteiger partial charge < -0.3 is 9.88 Å². The van der Waals surface area contributed by atoms with Crippen molar-refractivity contribution in [3.8, 4) is 0 Å². The van der Waals surface area contributed by atoms with Gasteiger partial charge in [-0.2, -0.15) is 0 Å². The number of aryl methyl sites for hydroxylation is 4. The Hall–Kier alpha value is -2.85. The third kappa shape index (κ3) is 3.28. The van der Waals surface area contributed by atoms with E-state index >= 15 is 0 Å². The fourth-order valence-electron chi connectivity index (χ4n) is 4.22. The van der Waals surface area contributed by atoms with E-state index in [1.54, 1.807) is 0 Å². The van der Waals surface area contributed by atoms with Crippen molar-refractivity contribution in [1.29, 1.82) is 0 Å². The molecule has 2 aromatic heterocycles. The lowest BCUT2D eigenvalue weighted by Crippen LogP contribution is -2.06. The molecule has 0 saturated carbocycles. The van der Waals surface area contributed by atoms with Crippen molar-refractivity contribution in [3.63, 3.8) is 0 Å². The van der Waals surface area contributed by atoms with Gasteiger partial charge in [0.25, 0.3) is 0 Å². The Balaban J connectivity index is 1.53. The summed E-state index contributed by atoms with van der Waals surface area (Å²) in [5.74, 6) is 1.04. The summed E-state index contributed by atoms with van der Waals surface area (Å²) < 4.78 is 2.20. The molecule has 0 unspecified atom stereocenters. The second kappa shape index (κ2) is 7.20. The molecule has 0 saturated heterocycles. The molecule has 2 aromatic carbocycles. The van der Waals surface area contributed by atoms with Crippen LogP contribution in [0.15, 0.2) is 48.5 Å². The summed E-state index contributed by atoms with van der Waals surface area (Å²) in [4.78, 5) is 9.41. The van der Waals surface area contributed by atoms with Crippen LogP contribution in [0.1, 0.15) is 35.0 Å². The summed E-state index contributed by atoms with van der Waals surface area (Å²) in [6.45, 7) is 4.91. The normalized spacial score (nSPS) is 12.9. The Morgan fingerprint density at radius 2 is 1.79 bits per heavy atom. The van der Waals surface area contributed by atoms with Gasteiger partial charge in [-0.15, -0.1) is 0 Å². The quantitative estimate of drug-likeness (QED) is 0.437. The standard InChI is InChI=1S/C24H23ClN4/c1-3-22-28-23-15(2)12-21(25)27-24(23)29(22)14-16-8-11-20-18(13-16)10-9-17-6-4-5-7-19(17)26-20/h4-8,11-13,26H,3,9-10,14H2,1-2H3. The van der Waals surface area contributed by atoms with Crippen LogP contribution in [0.5, 0.6) is 0 Å². The van der Waals surface area contributed by atoms with E-state index in [2.05, 4.69) is 64.3 Å². The molecule has 3 heterocycles. The van der Waals surface area contributed by atoms with E-state index in [4.69, 9.17) is 16.6 Å². The molecule has 0 fully saturated rings. The summed E-state index contributed by atoms with van der Waals surface area (Å²) >= 11 is 6.25. The second-order valence-electron chi connectivity index (χ2n) is 7.68. The van der Waals surface area contributed by atoms with Crippen LogP contribution in [0.25, 0.3) is 11.2 Å². The molecular formula is C24H23ClN4. The number of hydrogen-bond donors (Lipinski definition) is 1. The van der Waals surface area contributed by atoms with Crippen molar-refractivity contribution >= 4 is 34.1 Å². The lowest BCUT2D eigenvalue weighted by atomic mass is 10.0. The Bertz CT molecular complexity index is 1230. The minimum atomic E-state index is 0.516. The summed E-state index contributed by atoms with van der Waals surface area (Å²) in [5, 5.41) is 4.12. The average molecular weight is 403 g/mol. The Morgan fingerprint density at radius 3 is 2.66 bits per heavy atom. The summed E-state index contributed by atoms with van der Waals surface area (Å²) in [6, 6.07) is 17.1. The fourth-order valence-corrected chi connectivity index (χ4v) is 4.46. The number of halogens is 1. The molecule has 146 valence electrons. The van der Waals surface area contributed by atoms with Crippen molar-refractivity contribution in [1.82, 2.24) is 14.5 Å². The highest BCUT2D eigenvalue weighted by molar-refractivity contribution is 6.29. The third-order valence-corrected chi connectivity index (χ3v) is 5.91. The van der Waals surface area contributed by atoms with Gasteiger partial charge in [0.2, 0.25) is 0 Å². The number of fused-ring (bicyclic) bond motifs is 3. The first-order valence-corrected chi connectivity index (χ1v) is 10.5. The summed E-state index contributed by atoms with van der Waals surface area (Å²) in [6.07, 6.45) is 2.93. The van der Waals surface area contributed by atoms with Gasteiger partial charge in [-0.25, -0.2) is 9.97 Å². The van der Waals surface area contributed by atoms with Crippen molar-refractivity contribution in [2.24, 2.45) is 0 Å². The molecule has 1 aliphatic rings. The zero-order valence-corrected chi connectivity index (χ0v) is 17.4. The lowest BCUT2D eigenvalue weighted by molar-refractivity contribution is 0.745. The molecule has 1 aliphatic heterocycles. The number of rotatable bonds is 3. The number of nitrogens with one attached hydrogen (secondary N) is 1. The molecule has 4 nitrogen and oxygen atoms in total. The van der Waals surface area contributed by atoms with E-state index in [-0.39, 0.29) is 0 Å². The van der Waals surface area contributed by atoms with E-state index < -0.39 is 0 Å². The first-order chi connectivity index (χ1) is 14.1. The monoisotopic (exact) mass is 402 g/mol. The average Bonchev–Trinajstić information content (AvgIpc) is 2.95. The third-order valence-electron chi connectivity index (χ3n) is 5.72. The van der Waals surface area contributed by atoms with Crippen LogP contribution in [0, 0.1) is 6.92 Å². The van der Waals surface area contributed by atoms with Crippen molar-refractivity contribution in [2.75, 3.05) is 5.32 Å². The van der Waals surface area contributed by atoms with Crippen LogP contribution in [0.3, 0.4) is 0 Å². The van der Waals surface area contributed by atoms with Gasteiger partial charge in [-0.1, -0.05) is 48.9 Å². The number of hydrogen-bond acceptors (Lipinski definition) is 3. The lowest BCUT2D eigenvalue weighted by Gasteiger charge is -2.13. The van der Waals surface area contributed by atoms with Crippen LogP contribution in [-0.4, -0.2) is 14.5 Å². The molecule has 0 radical (unpaired) electrons. The first-order valence-electron chi connectivity index (χ1n) is 10.1. The smallest absolute Gasteiger partial charge is 0.162 e. The molecule has 1 N–H and O–H groups in total. The highest BCUT2D eigenvalue weighted by Crippen LogP contribution is 2.31. The predicted octanol–water partition coefficient (Wildman–Crippen LogP) is 5.85. The van der Waals surface area contributed by atoms with Crippen LogP contribution in [-0.2, 0) is 25.8 Å². The predicted molar refractivity (Wildman–Crippen MR) is 119 cm³/mol. The molecule has 0 spiro atoms. The molecule has 4 aromatic rings. The van der Waals surface area contributed by atoms with Gasteiger partial charge in [0, 0.05) is 17.8 Å². The minimum absolute atomic E-state index is 0.516. The highest BCUT2D eigenvalue weighted by Gasteiger charge is 2.16. The van der Waals surface area contributed by atoms with E-state index in [1.165, 1.54) is 28.1 Å². The van der Waals surface area contributed by atoms with Crippen molar-refractivity contribution in [3.05, 3.63) is 81.8 Å². The number of benzene rings is 2. The van der Waals surface area contributed by atoms with Gasteiger partial charge in [0.1, 0.15) is 16.5 Å². The maximum atomic E-state index is 6.25. The largest absolute Gasteiger partial charge is 0.355 e. The Labute approximate surface area is 175 Å². The van der Waals surface area contributed by atoms with Gasteiger partial charge in [0.05, 0.1) is 6.54 Å². The number of nitrogens with zero attached hydrogens (tertiary/aromatic N) is 3. The van der Waals surface area contributed by atoms with Crippen LogP contribution in [0.4, 0.5) is 11.4 Å². The minimum Gasteiger partial charge on any atom is -0.355 e. The highest BCUT2D eigenvalue weighted by atomic mass is 35.5. The molecule has 0 bridgehead atoms. The van der Waals surface area contributed by atoms with Gasteiger partial charge >= 0.3 is 0 Å². The number of anilines is 2. The molecule has 0 atom stereocenters. The van der Waals surface area contributed by atoms with Crippen LogP contribution in [0.2, 0.25) is 5.15 Å². The van der Waals surface area contributed by atoms with Gasteiger partial charge in [-0.3, -0.25) is 0 Å². The number of aromatic nitrogens is 3. The van der Waals surface area contributed by atoms with Crippen LogP contribution < -0.4 is 5.32 Å². The molecule has 5 heteroatoms. The molecule has 0 aliphatic carbocycles. The molecular weight excluding hydrogens is 380 g/mol. The van der Waals surface area contributed by atoms with Crippen LogP contribution >= 0.6 is 11.6 Å². The van der Waals surface area contributed by atoms with Gasteiger partial charge in [0.15, 0.2) is 5.65 Å². The van der Waals surface area contributed by atoms with Gasteiger partial charge in [-0.05, 0) is 60.2 Å².